The van der Waals surface area contributed by atoms with E-state index in [1.54, 1.807) is 18.3 Å². The molecule has 2 rings (SSSR count). The average molecular weight is 253 g/mol. The van der Waals surface area contributed by atoms with E-state index in [4.69, 9.17) is 21.9 Å². The Morgan fingerprint density at radius 3 is 3.00 bits per heavy atom. The third-order valence-electron chi connectivity index (χ3n) is 2.28. The summed E-state index contributed by atoms with van der Waals surface area (Å²) in [7, 11) is 0. The number of pyridine rings is 1. The summed E-state index contributed by atoms with van der Waals surface area (Å²) in [6.07, 6.45) is 4.26. The Labute approximate surface area is 104 Å². The SMILES string of the molecule is NCCCCc1nc(-c2ncccc2Cl)no1. The average Bonchev–Trinajstić information content (AvgIpc) is 2.79. The molecule has 0 atom stereocenters. The highest BCUT2D eigenvalue weighted by atomic mass is 35.5. The maximum Gasteiger partial charge on any atom is 0.227 e. The van der Waals surface area contributed by atoms with Gasteiger partial charge in [-0.1, -0.05) is 16.8 Å². The van der Waals surface area contributed by atoms with E-state index in [9.17, 15) is 0 Å². The lowest BCUT2D eigenvalue weighted by molar-refractivity contribution is 0.375. The Balaban J connectivity index is 2.10. The summed E-state index contributed by atoms with van der Waals surface area (Å²) >= 11 is 5.99. The molecule has 5 nitrogen and oxygen atoms in total. The summed E-state index contributed by atoms with van der Waals surface area (Å²) in [6.45, 7) is 0.674. The largest absolute Gasteiger partial charge is 0.339 e. The van der Waals surface area contributed by atoms with Gasteiger partial charge in [0.2, 0.25) is 11.7 Å². The predicted molar refractivity (Wildman–Crippen MR) is 64.5 cm³/mol. The summed E-state index contributed by atoms with van der Waals surface area (Å²) in [6, 6.07) is 3.50. The van der Waals surface area contributed by atoms with Gasteiger partial charge in [0.15, 0.2) is 0 Å². The summed E-state index contributed by atoms with van der Waals surface area (Å²) in [5.74, 6) is 1.02. The highest BCUT2D eigenvalue weighted by Crippen LogP contribution is 2.22. The molecule has 2 N–H and O–H groups in total. The second-order valence-electron chi connectivity index (χ2n) is 3.59. The maximum atomic E-state index is 5.99. The van der Waals surface area contributed by atoms with Crippen molar-refractivity contribution in [1.29, 1.82) is 0 Å². The first kappa shape index (κ1) is 12.0. The Morgan fingerprint density at radius 2 is 2.24 bits per heavy atom. The molecule has 90 valence electrons. The van der Waals surface area contributed by atoms with Gasteiger partial charge in [0.25, 0.3) is 0 Å². The minimum Gasteiger partial charge on any atom is -0.339 e. The molecule has 0 amide bonds. The molecule has 17 heavy (non-hydrogen) atoms. The fraction of sp³-hybridized carbons (Fsp3) is 0.364. The van der Waals surface area contributed by atoms with Crippen molar-refractivity contribution in [2.45, 2.75) is 19.3 Å². The van der Waals surface area contributed by atoms with Crippen LogP contribution in [0.2, 0.25) is 5.02 Å². The molecule has 0 aliphatic heterocycles. The molecule has 0 saturated heterocycles. The lowest BCUT2D eigenvalue weighted by Crippen LogP contribution is -1.99. The minimum atomic E-state index is 0.429. The van der Waals surface area contributed by atoms with Gasteiger partial charge in [-0.15, -0.1) is 0 Å². The highest BCUT2D eigenvalue weighted by Gasteiger charge is 2.12. The van der Waals surface area contributed by atoms with E-state index in [2.05, 4.69) is 15.1 Å². The molecule has 0 fully saturated rings. The van der Waals surface area contributed by atoms with E-state index in [0.29, 0.717) is 29.0 Å². The van der Waals surface area contributed by atoms with Crippen LogP contribution in [0.25, 0.3) is 11.5 Å². The summed E-state index contributed by atoms with van der Waals surface area (Å²) in [5.41, 5.74) is 5.96. The van der Waals surface area contributed by atoms with Crippen molar-refractivity contribution in [2.24, 2.45) is 5.73 Å². The molecular weight excluding hydrogens is 240 g/mol. The first-order chi connectivity index (χ1) is 8.31. The predicted octanol–water partition coefficient (Wildman–Crippen LogP) is 2.07. The monoisotopic (exact) mass is 252 g/mol. The smallest absolute Gasteiger partial charge is 0.227 e. The number of hydrogen-bond acceptors (Lipinski definition) is 5. The van der Waals surface area contributed by atoms with Crippen LogP contribution in [0.1, 0.15) is 18.7 Å². The first-order valence-electron chi connectivity index (χ1n) is 5.45. The van der Waals surface area contributed by atoms with Crippen LogP contribution in [0.15, 0.2) is 22.9 Å². The number of hydrogen-bond donors (Lipinski definition) is 1. The molecule has 6 heteroatoms. The number of aryl methyl sites for hydroxylation is 1. The van der Waals surface area contributed by atoms with Gasteiger partial charge in [-0.2, -0.15) is 4.98 Å². The molecule has 2 aromatic rings. The lowest BCUT2D eigenvalue weighted by Gasteiger charge is -1.95. The second-order valence-corrected chi connectivity index (χ2v) is 4.00. The molecule has 0 aliphatic rings. The Bertz CT molecular complexity index is 486. The van der Waals surface area contributed by atoms with Crippen molar-refractivity contribution < 1.29 is 4.52 Å². The van der Waals surface area contributed by atoms with E-state index in [-0.39, 0.29) is 0 Å². The van der Waals surface area contributed by atoms with Crippen LogP contribution >= 0.6 is 11.6 Å². The van der Waals surface area contributed by atoms with Crippen LogP contribution in [0.5, 0.6) is 0 Å². The van der Waals surface area contributed by atoms with Crippen LogP contribution < -0.4 is 5.73 Å². The number of rotatable bonds is 5. The van der Waals surface area contributed by atoms with Crippen LogP contribution in [0.3, 0.4) is 0 Å². The van der Waals surface area contributed by atoms with E-state index < -0.39 is 0 Å². The Hall–Kier alpha value is -1.46. The maximum absolute atomic E-state index is 5.99. The van der Waals surface area contributed by atoms with Gasteiger partial charge >= 0.3 is 0 Å². The zero-order valence-electron chi connectivity index (χ0n) is 9.27. The third kappa shape index (κ3) is 3.01. The van der Waals surface area contributed by atoms with Gasteiger partial charge in [0, 0.05) is 12.6 Å². The van der Waals surface area contributed by atoms with Crippen molar-refractivity contribution in [1.82, 2.24) is 15.1 Å². The molecule has 0 aromatic carbocycles. The van der Waals surface area contributed by atoms with Crippen molar-refractivity contribution in [3.8, 4) is 11.5 Å². The molecular formula is C11H13ClN4O. The van der Waals surface area contributed by atoms with Gasteiger partial charge in [-0.3, -0.25) is 4.98 Å². The normalized spacial score (nSPS) is 10.7. The summed E-state index contributed by atoms with van der Waals surface area (Å²) < 4.78 is 5.12. The second kappa shape index (κ2) is 5.75. The molecule has 2 aromatic heterocycles. The van der Waals surface area contributed by atoms with Crippen LogP contribution in [-0.2, 0) is 6.42 Å². The van der Waals surface area contributed by atoms with Gasteiger partial charge in [0.1, 0.15) is 5.69 Å². The van der Waals surface area contributed by atoms with Crippen LogP contribution in [-0.4, -0.2) is 21.7 Å². The number of halogens is 1. The molecule has 0 aliphatic carbocycles. The van der Waals surface area contributed by atoms with Crippen LogP contribution in [0.4, 0.5) is 0 Å². The number of nitrogens with zero attached hydrogens (tertiary/aromatic N) is 3. The fourth-order valence-corrected chi connectivity index (χ4v) is 1.63. The molecule has 2 heterocycles. The Morgan fingerprint density at radius 1 is 1.35 bits per heavy atom. The van der Waals surface area contributed by atoms with Gasteiger partial charge in [-0.25, -0.2) is 0 Å². The molecule has 0 bridgehead atoms. The van der Waals surface area contributed by atoms with Crippen LogP contribution in [0, 0.1) is 0 Å². The molecule has 0 radical (unpaired) electrons. The zero-order chi connectivity index (χ0) is 12.1. The van der Waals surface area contributed by atoms with E-state index >= 15 is 0 Å². The molecule has 0 saturated carbocycles. The quantitative estimate of drug-likeness (QED) is 0.824. The van der Waals surface area contributed by atoms with Gasteiger partial charge < -0.3 is 10.3 Å². The number of aromatic nitrogens is 3. The topological polar surface area (TPSA) is 77.8 Å². The molecule has 0 unspecified atom stereocenters. The standard InChI is InChI=1S/C11H13ClN4O/c12-8-4-3-7-14-10(8)11-15-9(17-16-11)5-1-2-6-13/h3-4,7H,1-2,5-6,13H2. The van der Waals surface area contributed by atoms with Crippen molar-refractivity contribution >= 4 is 11.6 Å². The third-order valence-corrected chi connectivity index (χ3v) is 2.59. The van der Waals surface area contributed by atoms with E-state index in [1.165, 1.54) is 0 Å². The van der Waals surface area contributed by atoms with Gasteiger partial charge in [0.05, 0.1) is 5.02 Å². The Kier molecular flexibility index (Phi) is 4.06. The minimum absolute atomic E-state index is 0.429. The van der Waals surface area contributed by atoms with Crippen molar-refractivity contribution in [2.75, 3.05) is 6.54 Å². The van der Waals surface area contributed by atoms with Crippen molar-refractivity contribution in [3.63, 3.8) is 0 Å². The summed E-state index contributed by atoms with van der Waals surface area (Å²) in [5, 5.41) is 4.38. The first-order valence-corrected chi connectivity index (χ1v) is 5.82. The summed E-state index contributed by atoms with van der Waals surface area (Å²) in [4.78, 5) is 8.37. The van der Waals surface area contributed by atoms with E-state index in [0.717, 1.165) is 19.3 Å². The highest BCUT2D eigenvalue weighted by molar-refractivity contribution is 6.32. The van der Waals surface area contributed by atoms with Gasteiger partial charge in [-0.05, 0) is 31.5 Å². The van der Waals surface area contributed by atoms with Crippen molar-refractivity contribution in [3.05, 3.63) is 29.2 Å². The lowest BCUT2D eigenvalue weighted by atomic mass is 10.2. The number of nitrogens with two attached hydrogens (primary N) is 1. The zero-order valence-corrected chi connectivity index (χ0v) is 10.0. The molecule has 0 spiro atoms. The number of unbranched alkanes of at least 4 members (excludes halogenated alkanes) is 1. The van der Waals surface area contributed by atoms with E-state index in [1.807, 2.05) is 0 Å². The fourth-order valence-electron chi connectivity index (χ4n) is 1.42.